The maximum absolute atomic E-state index is 13.3. The highest BCUT2D eigenvalue weighted by molar-refractivity contribution is 5.34. The van der Waals surface area contributed by atoms with E-state index in [-0.39, 0.29) is 22.9 Å². The standard InChI is InChI=1S/C10H4F6N2O/c11-4-1-6(13)7(2-5(4)12)18-9(19)3-8(17-18)10(14,15)16/h1-3,17H. The Morgan fingerprint density at radius 3 is 2.05 bits per heavy atom. The summed E-state index contributed by atoms with van der Waals surface area (Å²) in [4.78, 5) is 11.3. The van der Waals surface area contributed by atoms with Crippen molar-refractivity contribution < 1.29 is 26.3 Å². The van der Waals surface area contributed by atoms with Gasteiger partial charge in [0.25, 0.3) is 5.56 Å². The smallest absolute Gasteiger partial charge is 0.286 e. The molecule has 1 aromatic carbocycles. The molecule has 0 radical (unpaired) electrons. The molecule has 0 aliphatic carbocycles. The average Bonchev–Trinajstić information content (AvgIpc) is 2.65. The van der Waals surface area contributed by atoms with Crippen LogP contribution in [0.4, 0.5) is 26.3 Å². The number of nitrogens with zero attached hydrogens (tertiary/aromatic N) is 1. The summed E-state index contributed by atoms with van der Waals surface area (Å²) in [7, 11) is 0. The van der Waals surface area contributed by atoms with E-state index < -0.39 is 40.6 Å². The molecule has 0 fully saturated rings. The molecule has 0 bridgehead atoms. The number of hydrogen-bond acceptors (Lipinski definition) is 1. The van der Waals surface area contributed by atoms with Gasteiger partial charge in [-0.2, -0.15) is 13.2 Å². The van der Waals surface area contributed by atoms with Crippen LogP contribution in [-0.4, -0.2) is 9.78 Å². The molecule has 0 aliphatic rings. The lowest BCUT2D eigenvalue weighted by Gasteiger charge is -2.06. The Kier molecular flexibility index (Phi) is 2.91. The summed E-state index contributed by atoms with van der Waals surface area (Å²) in [5, 5.41) is 1.58. The molecule has 0 saturated carbocycles. The fourth-order valence-electron chi connectivity index (χ4n) is 1.40. The molecule has 2 rings (SSSR count). The zero-order chi connectivity index (χ0) is 14.4. The van der Waals surface area contributed by atoms with E-state index >= 15 is 0 Å². The first-order chi connectivity index (χ1) is 8.70. The first-order valence-corrected chi connectivity index (χ1v) is 4.74. The largest absolute Gasteiger partial charge is 0.432 e. The predicted molar refractivity (Wildman–Crippen MR) is 51.3 cm³/mol. The fraction of sp³-hybridized carbons (Fsp3) is 0.100. The number of aromatic nitrogens is 2. The molecule has 0 spiro atoms. The Hall–Kier alpha value is -2.19. The van der Waals surface area contributed by atoms with E-state index in [0.29, 0.717) is 0 Å². The van der Waals surface area contributed by atoms with Gasteiger partial charge in [-0.3, -0.25) is 9.89 Å². The molecule has 2 aromatic rings. The van der Waals surface area contributed by atoms with Gasteiger partial charge < -0.3 is 0 Å². The second-order valence-corrected chi connectivity index (χ2v) is 3.56. The van der Waals surface area contributed by atoms with E-state index in [1.807, 2.05) is 0 Å². The maximum atomic E-state index is 13.3. The summed E-state index contributed by atoms with van der Waals surface area (Å²) in [6.45, 7) is 0. The third-order valence-corrected chi connectivity index (χ3v) is 2.26. The molecular formula is C10H4F6N2O. The number of rotatable bonds is 1. The van der Waals surface area contributed by atoms with E-state index in [2.05, 4.69) is 0 Å². The molecule has 9 heteroatoms. The summed E-state index contributed by atoms with van der Waals surface area (Å²) in [5.74, 6) is -4.39. The van der Waals surface area contributed by atoms with Gasteiger partial charge in [0.05, 0.1) is 0 Å². The number of hydrogen-bond donors (Lipinski definition) is 1. The molecule has 3 nitrogen and oxygen atoms in total. The molecular weight excluding hydrogens is 278 g/mol. The minimum atomic E-state index is -4.85. The van der Waals surface area contributed by atoms with Crippen LogP contribution in [0, 0.1) is 17.5 Å². The maximum Gasteiger partial charge on any atom is 0.432 e. The fourth-order valence-corrected chi connectivity index (χ4v) is 1.40. The Morgan fingerprint density at radius 2 is 1.53 bits per heavy atom. The van der Waals surface area contributed by atoms with Gasteiger partial charge in [0, 0.05) is 18.2 Å². The third-order valence-electron chi connectivity index (χ3n) is 2.26. The normalized spacial score (nSPS) is 11.9. The van der Waals surface area contributed by atoms with Crippen molar-refractivity contribution in [2.45, 2.75) is 6.18 Å². The molecule has 0 unspecified atom stereocenters. The predicted octanol–water partition coefficient (Wildman–Crippen LogP) is 2.60. The monoisotopic (exact) mass is 282 g/mol. The van der Waals surface area contributed by atoms with Gasteiger partial charge in [0.15, 0.2) is 17.5 Å². The van der Waals surface area contributed by atoms with Crippen molar-refractivity contribution in [3.05, 3.63) is 51.7 Å². The lowest BCUT2D eigenvalue weighted by molar-refractivity contribution is -0.141. The number of H-pyrrole nitrogens is 1. The third kappa shape index (κ3) is 2.35. The van der Waals surface area contributed by atoms with Crippen LogP contribution in [0.3, 0.4) is 0 Å². The molecule has 1 N–H and O–H groups in total. The van der Waals surface area contributed by atoms with E-state index in [1.54, 1.807) is 5.10 Å². The van der Waals surface area contributed by atoms with E-state index in [9.17, 15) is 31.1 Å². The molecule has 0 amide bonds. The number of aromatic amines is 1. The van der Waals surface area contributed by atoms with E-state index in [0.717, 1.165) is 0 Å². The summed E-state index contributed by atoms with van der Waals surface area (Å²) in [6, 6.07) is 0.592. The van der Waals surface area contributed by atoms with Gasteiger partial charge in [-0.1, -0.05) is 0 Å². The molecule has 0 atom stereocenters. The zero-order valence-electron chi connectivity index (χ0n) is 8.86. The lowest BCUT2D eigenvalue weighted by atomic mass is 10.3. The molecule has 1 aromatic heterocycles. The van der Waals surface area contributed by atoms with Gasteiger partial charge in [0.1, 0.15) is 11.4 Å². The van der Waals surface area contributed by atoms with Crippen molar-refractivity contribution in [3.63, 3.8) is 0 Å². The van der Waals surface area contributed by atoms with Gasteiger partial charge in [-0.15, -0.1) is 0 Å². The van der Waals surface area contributed by atoms with Crippen LogP contribution in [0.2, 0.25) is 0 Å². The lowest BCUT2D eigenvalue weighted by Crippen LogP contribution is -2.15. The number of benzene rings is 1. The second-order valence-electron chi connectivity index (χ2n) is 3.56. The van der Waals surface area contributed by atoms with Crippen LogP contribution in [0.25, 0.3) is 5.69 Å². The van der Waals surface area contributed by atoms with Crippen molar-refractivity contribution >= 4 is 0 Å². The molecule has 0 aliphatic heterocycles. The average molecular weight is 282 g/mol. The summed E-state index contributed by atoms with van der Waals surface area (Å²) in [6.07, 6.45) is -4.85. The molecule has 102 valence electrons. The number of halogens is 6. The Bertz CT molecular complexity index is 684. The van der Waals surface area contributed by atoms with Crippen LogP contribution in [0.5, 0.6) is 0 Å². The highest BCUT2D eigenvalue weighted by Crippen LogP contribution is 2.27. The second kappa shape index (κ2) is 4.18. The number of nitrogens with one attached hydrogen (secondary N) is 1. The van der Waals surface area contributed by atoms with Crippen molar-refractivity contribution in [3.8, 4) is 5.69 Å². The first-order valence-electron chi connectivity index (χ1n) is 4.74. The molecule has 1 heterocycles. The van der Waals surface area contributed by atoms with Gasteiger partial charge >= 0.3 is 6.18 Å². The SMILES string of the molecule is O=c1cc(C(F)(F)F)[nH]n1-c1cc(F)c(F)cc1F. The van der Waals surface area contributed by atoms with Gasteiger partial charge in [0.2, 0.25) is 0 Å². The summed E-state index contributed by atoms with van der Waals surface area (Å²) >= 11 is 0. The van der Waals surface area contributed by atoms with Gasteiger partial charge in [-0.05, 0) is 0 Å². The minimum absolute atomic E-state index is 0.130. The minimum Gasteiger partial charge on any atom is -0.286 e. The van der Waals surface area contributed by atoms with E-state index in [1.165, 1.54) is 0 Å². The number of alkyl halides is 3. The van der Waals surface area contributed by atoms with Crippen molar-refractivity contribution in [2.24, 2.45) is 0 Å². The van der Waals surface area contributed by atoms with Crippen LogP contribution in [0.1, 0.15) is 5.69 Å². The summed E-state index contributed by atoms with van der Waals surface area (Å²) in [5.41, 5.74) is -3.53. The van der Waals surface area contributed by atoms with E-state index in [4.69, 9.17) is 0 Å². The van der Waals surface area contributed by atoms with Crippen molar-refractivity contribution in [2.75, 3.05) is 0 Å². The zero-order valence-corrected chi connectivity index (χ0v) is 8.86. The van der Waals surface area contributed by atoms with Crippen LogP contribution < -0.4 is 5.56 Å². The Labute approximate surface area is 101 Å². The highest BCUT2D eigenvalue weighted by atomic mass is 19.4. The summed E-state index contributed by atoms with van der Waals surface area (Å²) < 4.78 is 76.1. The van der Waals surface area contributed by atoms with Crippen molar-refractivity contribution in [1.82, 2.24) is 9.78 Å². The molecule has 19 heavy (non-hydrogen) atoms. The Morgan fingerprint density at radius 1 is 0.947 bits per heavy atom. The Balaban J connectivity index is 2.64. The topological polar surface area (TPSA) is 37.8 Å². The van der Waals surface area contributed by atoms with Crippen LogP contribution >= 0.6 is 0 Å². The van der Waals surface area contributed by atoms with Gasteiger partial charge in [-0.25, -0.2) is 17.9 Å². The van der Waals surface area contributed by atoms with Crippen LogP contribution in [-0.2, 0) is 6.18 Å². The quantitative estimate of drug-likeness (QED) is 0.633. The molecule has 0 saturated heterocycles. The van der Waals surface area contributed by atoms with Crippen LogP contribution in [0.15, 0.2) is 23.0 Å². The van der Waals surface area contributed by atoms with Crippen molar-refractivity contribution in [1.29, 1.82) is 0 Å². The highest BCUT2D eigenvalue weighted by Gasteiger charge is 2.34. The first kappa shape index (κ1) is 13.2.